The number of carbonyl (C=O) groups is 2. The molecule has 20 heavy (non-hydrogen) atoms. The smallest absolute Gasteiger partial charge is 0.246 e. The first-order valence-electron chi connectivity index (χ1n) is 6.41. The van der Waals surface area contributed by atoms with E-state index in [-0.39, 0.29) is 30.7 Å². The molecule has 1 aliphatic heterocycles. The number of hydrogen-bond donors (Lipinski definition) is 2. The molecule has 1 fully saturated rings. The molecule has 0 aliphatic carbocycles. The minimum absolute atomic E-state index is 0.125. The van der Waals surface area contributed by atoms with Crippen LogP contribution in [0.5, 0.6) is 0 Å². The average Bonchev–Trinajstić information content (AvgIpc) is 2.38. The van der Waals surface area contributed by atoms with Crippen LogP contribution in [-0.4, -0.2) is 28.8 Å². The van der Waals surface area contributed by atoms with Gasteiger partial charge in [0.05, 0.1) is 12.1 Å². The quantitative estimate of drug-likeness (QED) is 0.791. The molecular formula is C14H18FN3O2. The number of halogens is 1. The minimum atomic E-state index is -0.797. The van der Waals surface area contributed by atoms with Crippen molar-refractivity contribution in [1.82, 2.24) is 10.2 Å². The fourth-order valence-corrected chi connectivity index (χ4v) is 2.23. The van der Waals surface area contributed by atoms with Gasteiger partial charge in [0.1, 0.15) is 5.82 Å². The van der Waals surface area contributed by atoms with Gasteiger partial charge in [0.25, 0.3) is 0 Å². The maximum atomic E-state index is 13.2. The van der Waals surface area contributed by atoms with E-state index in [1.165, 1.54) is 12.1 Å². The van der Waals surface area contributed by atoms with Gasteiger partial charge < -0.3 is 5.73 Å². The Balaban J connectivity index is 2.28. The van der Waals surface area contributed by atoms with Gasteiger partial charge in [-0.25, -0.2) is 4.39 Å². The van der Waals surface area contributed by atoms with Crippen molar-refractivity contribution in [3.63, 3.8) is 0 Å². The van der Waals surface area contributed by atoms with Crippen LogP contribution in [0, 0.1) is 5.82 Å². The van der Waals surface area contributed by atoms with E-state index in [1.807, 2.05) is 0 Å². The van der Waals surface area contributed by atoms with Crippen LogP contribution in [0.2, 0.25) is 0 Å². The summed E-state index contributed by atoms with van der Waals surface area (Å²) in [4.78, 5) is 25.2. The van der Waals surface area contributed by atoms with Crippen molar-refractivity contribution in [2.24, 2.45) is 5.73 Å². The van der Waals surface area contributed by atoms with Gasteiger partial charge in [-0.2, -0.15) is 0 Å². The van der Waals surface area contributed by atoms with Crippen LogP contribution in [0.4, 0.5) is 4.39 Å². The Hall–Kier alpha value is -1.79. The Bertz CT molecular complexity index is 557. The number of imide groups is 1. The summed E-state index contributed by atoms with van der Waals surface area (Å²) in [6, 6.07) is 4.38. The summed E-state index contributed by atoms with van der Waals surface area (Å²) in [6.45, 7) is 4.21. The van der Waals surface area contributed by atoms with E-state index in [1.54, 1.807) is 24.8 Å². The predicted octanol–water partition coefficient (Wildman–Crippen LogP) is 0.521. The monoisotopic (exact) mass is 279 g/mol. The summed E-state index contributed by atoms with van der Waals surface area (Å²) in [6.07, 6.45) is 0. The van der Waals surface area contributed by atoms with Gasteiger partial charge in [0.2, 0.25) is 11.8 Å². The fraction of sp³-hybridized carbons (Fsp3) is 0.429. The molecule has 1 saturated heterocycles. The third-order valence-electron chi connectivity index (χ3n) is 3.68. The number of benzene rings is 1. The van der Waals surface area contributed by atoms with Crippen molar-refractivity contribution < 1.29 is 14.0 Å². The van der Waals surface area contributed by atoms with Crippen LogP contribution in [0.1, 0.15) is 25.0 Å². The predicted molar refractivity (Wildman–Crippen MR) is 71.9 cm³/mol. The van der Waals surface area contributed by atoms with Crippen molar-refractivity contribution in [2.75, 3.05) is 6.54 Å². The molecule has 0 radical (unpaired) electrons. The van der Waals surface area contributed by atoms with Crippen LogP contribution in [0.25, 0.3) is 0 Å². The van der Waals surface area contributed by atoms with Crippen molar-refractivity contribution in [2.45, 2.75) is 32.5 Å². The Morgan fingerprint density at radius 3 is 2.70 bits per heavy atom. The number of carbonyl (C=O) groups excluding carboxylic acids is 2. The average molecular weight is 279 g/mol. The largest absolute Gasteiger partial charge is 0.326 e. The number of nitrogens with two attached hydrogens (primary N) is 1. The minimum Gasteiger partial charge on any atom is -0.326 e. The summed E-state index contributed by atoms with van der Waals surface area (Å²) >= 11 is 0. The molecule has 0 aromatic heterocycles. The Morgan fingerprint density at radius 2 is 2.05 bits per heavy atom. The first-order chi connectivity index (χ1) is 9.34. The number of piperazine rings is 1. The Kier molecular flexibility index (Phi) is 3.87. The summed E-state index contributed by atoms with van der Waals surface area (Å²) in [7, 11) is 0. The number of rotatable bonds is 3. The molecule has 0 atom stereocenters. The molecule has 0 bridgehead atoms. The second-order valence-electron chi connectivity index (χ2n) is 5.41. The first-order valence-corrected chi connectivity index (χ1v) is 6.41. The zero-order valence-electron chi connectivity index (χ0n) is 11.6. The summed E-state index contributed by atoms with van der Waals surface area (Å²) in [5.41, 5.74) is 6.32. The van der Waals surface area contributed by atoms with E-state index in [0.717, 1.165) is 5.56 Å². The molecular weight excluding hydrogens is 261 g/mol. The molecule has 2 rings (SSSR count). The molecule has 1 aromatic carbocycles. The second-order valence-corrected chi connectivity index (χ2v) is 5.41. The van der Waals surface area contributed by atoms with Crippen molar-refractivity contribution in [3.05, 3.63) is 35.1 Å². The molecule has 108 valence electrons. The molecule has 5 nitrogen and oxygen atoms in total. The molecule has 3 N–H and O–H groups in total. The van der Waals surface area contributed by atoms with Gasteiger partial charge in [-0.3, -0.25) is 19.8 Å². The SMILES string of the molecule is CC1(C)C(=O)NC(=O)CN1Cc1ccc(F)cc1CN. The van der Waals surface area contributed by atoms with E-state index in [4.69, 9.17) is 5.73 Å². The zero-order valence-corrected chi connectivity index (χ0v) is 11.6. The lowest BCUT2D eigenvalue weighted by atomic mass is 9.96. The highest BCUT2D eigenvalue weighted by Gasteiger charge is 2.40. The standard InChI is InChI=1S/C14H18FN3O2/c1-14(2)13(20)17-12(19)8-18(14)7-9-3-4-11(15)5-10(9)6-16/h3-5H,6-8,16H2,1-2H3,(H,17,19,20). The van der Waals surface area contributed by atoms with Gasteiger partial charge in [-0.15, -0.1) is 0 Å². The van der Waals surface area contributed by atoms with E-state index in [2.05, 4.69) is 5.32 Å². The molecule has 1 aliphatic rings. The van der Waals surface area contributed by atoms with Gasteiger partial charge >= 0.3 is 0 Å². The molecule has 2 amide bonds. The van der Waals surface area contributed by atoms with Gasteiger partial charge in [-0.1, -0.05) is 6.07 Å². The highest BCUT2D eigenvalue weighted by molar-refractivity contribution is 6.02. The lowest BCUT2D eigenvalue weighted by molar-refractivity contribution is -0.145. The molecule has 1 aromatic rings. The highest BCUT2D eigenvalue weighted by atomic mass is 19.1. The maximum Gasteiger partial charge on any atom is 0.246 e. The Morgan fingerprint density at radius 1 is 1.35 bits per heavy atom. The lowest BCUT2D eigenvalue weighted by Crippen LogP contribution is -2.63. The van der Waals surface area contributed by atoms with Gasteiger partial charge in [0.15, 0.2) is 0 Å². The first kappa shape index (κ1) is 14.6. The third kappa shape index (κ3) is 2.71. The normalized spacial score (nSPS) is 19.0. The van der Waals surface area contributed by atoms with Crippen molar-refractivity contribution >= 4 is 11.8 Å². The fourth-order valence-electron chi connectivity index (χ4n) is 2.23. The van der Waals surface area contributed by atoms with Gasteiger partial charge in [0, 0.05) is 13.1 Å². The highest BCUT2D eigenvalue weighted by Crippen LogP contribution is 2.22. The number of nitrogens with one attached hydrogen (secondary N) is 1. The van der Waals surface area contributed by atoms with Crippen LogP contribution in [-0.2, 0) is 22.7 Å². The van der Waals surface area contributed by atoms with Gasteiger partial charge in [-0.05, 0) is 37.1 Å². The summed E-state index contributed by atoms with van der Waals surface area (Å²) in [5.74, 6) is -1.00. The van der Waals surface area contributed by atoms with Crippen LogP contribution < -0.4 is 11.1 Å². The number of amides is 2. The van der Waals surface area contributed by atoms with Crippen molar-refractivity contribution in [3.8, 4) is 0 Å². The molecule has 0 unspecified atom stereocenters. The maximum absolute atomic E-state index is 13.2. The molecule has 0 spiro atoms. The molecule has 6 heteroatoms. The molecule has 0 saturated carbocycles. The topological polar surface area (TPSA) is 75.4 Å². The number of nitrogens with zero attached hydrogens (tertiary/aromatic N) is 1. The Labute approximate surface area is 116 Å². The van der Waals surface area contributed by atoms with E-state index in [0.29, 0.717) is 12.1 Å². The van der Waals surface area contributed by atoms with Crippen LogP contribution in [0.15, 0.2) is 18.2 Å². The van der Waals surface area contributed by atoms with Crippen molar-refractivity contribution in [1.29, 1.82) is 0 Å². The second kappa shape index (κ2) is 5.30. The summed E-state index contributed by atoms with van der Waals surface area (Å²) in [5, 5.41) is 2.32. The van der Waals surface area contributed by atoms with Crippen LogP contribution in [0.3, 0.4) is 0 Å². The van der Waals surface area contributed by atoms with E-state index < -0.39 is 5.54 Å². The summed E-state index contributed by atoms with van der Waals surface area (Å²) < 4.78 is 13.2. The molecule has 1 heterocycles. The van der Waals surface area contributed by atoms with E-state index >= 15 is 0 Å². The third-order valence-corrected chi connectivity index (χ3v) is 3.68. The van der Waals surface area contributed by atoms with E-state index in [9.17, 15) is 14.0 Å². The zero-order chi connectivity index (χ0) is 14.9. The lowest BCUT2D eigenvalue weighted by Gasteiger charge is -2.40. The van der Waals surface area contributed by atoms with Crippen LogP contribution >= 0.6 is 0 Å². The number of hydrogen-bond acceptors (Lipinski definition) is 4.